The van der Waals surface area contributed by atoms with Gasteiger partial charge in [0.25, 0.3) is 5.91 Å². The second-order valence-electron chi connectivity index (χ2n) is 10.3. The zero-order chi connectivity index (χ0) is 27.5. The molecule has 0 fully saturated rings. The van der Waals surface area contributed by atoms with Gasteiger partial charge in [0.15, 0.2) is 11.4 Å². The van der Waals surface area contributed by atoms with Crippen molar-refractivity contribution in [3.05, 3.63) is 86.8 Å². The number of aryl methyl sites for hydroxylation is 1. The van der Waals surface area contributed by atoms with Crippen LogP contribution in [-0.2, 0) is 12.2 Å². The average molecular weight is 557 g/mol. The van der Waals surface area contributed by atoms with Gasteiger partial charge in [-0.2, -0.15) is 13.2 Å². The van der Waals surface area contributed by atoms with Crippen molar-refractivity contribution < 1.29 is 27.8 Å². The number of benzene rings is 2. The summed E-state index contributed by atoms with van der Waals surface area (Å²) in [6.07, 6.45) is -0.588. The summed E-state index contributed by atoms with van der Waals surface area (Å²) < 4.78 is 49.8. The van der Waals surface area contributed by atoms with Crippen LogP contribution < -0.4 is 10.2 Å². The van der Waals surface area contributed by atoms with Crippen molar-refractivity contribution in [3.63, 3.8) is 0 Å². The molecule has 0 saturated carbocycles. The highest BCUT2D eigenvalue weighted by molar-refractivity contribution is 7.98. The number of rotatable bonds is 2. The van der Waals surface area contributed by atoms with Crippen LogP contribution in [-0.4, -0.2) is 45.9 Å². The number of hydrogen-bond donors (Lipinski definition) is 1. The number of carbonyl (C=O) groups excluding carboxylic acids is 1. The van der Waals surface area contributed by atoms with Crippen LogP contribution >= 0.6 is 11.8 Å². The Morgan fingerprint density at radius 1 is 1.08 bits per heavy atom. The van der Waals surface area contributed by atoms with Gasteiger partial charge in [-0.25, -0.2) is 0 Å². The SMILES string of the molecule is C[C@@H](N1CC([C@@H]2c3ccccc3SCc3ccc4c(c32)OCCCC4)n2ccc(=O)c(O)c2C1=O)C(F)(F)F. The predicted molar refractivity (Wildman–Crippen MR) is 141 cm³/mol. The van der Waals surface area contributed by atoms with Gasteiger partial charge in [-0.1, -0.05) is 30.3 Å². The first-order chi connectivity index (χ1) is 18.7. The molecule has 1 unspecified atom stereocenters. The van der Waals surface area contributed by atoms with Crippen LogP contribution in [0.2, 0.25) is 0 Å². The van der Waals surface area contributed by atoms with Gasteiger partial charge in [0.1, 0.15) is 11.8 Å². The molecule has 0 bridgehead atoms. The zero-order valence-corrected chi connectivity index (χ0v) is 22.0. The Morgan fingerprint density at radius 3 is 2.64 bits per heavy atom. The fraction of sp³-hybridized carbons (Fsp3) is 0.379. The molecule has 0 spiro atoms. The van der Waals surface area contributed by atoms with Gasteiger partial charge in [0.2, 0.25) is 5.43 Å². The van der Waals surface area contributed by atoms with Crippen molar-refractivity contribution in [1.29, 1.82) is 0 Å². The molecule has 0 saturated heterocycles. The van der Waals surface area contributed by atoms with Crippen molar-refractivity contribution >= 4 is 17.7 Å². The Bertz CT molecular complexity index is 1520. The van der Waals surface area contributed by atoms with Crippen molar-refractivity contribution in [2.75, 3.05) is 13.2 Å². The third kappa shape index (κ3) is 4.29. The number of aromatic nitrogens is 1. The molecular weight excluding hydrogens is 529 g/mol. The first kappa shape index (κ1) is 25.9. The molecule has 1 N–H and O–H groups in total. The second-order valence-corrected chi connectivity index (χ2v) is 11.3. The third-order valence-corrected chi connectivity index (χ3v) is 9.17. The van der Waals surface area contributed by atoms with E-state index in [0.717, 1.165) is 70.1 Å². The maximum Gasteiger partial charge on any atom is 0.408 e. The van der Waals surface area contributed by atoms with Gasteiger partial charge >= 0.3 is 6.18 Å². The van der Waals surface area contributed by atoms with Crippen LogP contribution in [0.5, 0.6) is 11.5 Å². The van der Waals surface area contributed by atoms with E-state index in [9.17, 15) is 27.9 Å². The molecule has 1 amide bonds. The highest BCUT2D eigenvalue weighted by atomic mass is 32.2. The third-order valence-electron chi connectivity index (χ3n) is 8.04. The van der Waals surface area contributed by atoms with Crippen molar-refractivity contribution in [1.82, 2.24) is 9.47 Å². The molecule has 6 rings (SSSR count). The van der Waals surface area contributed by atoms with E-state index in [4.69, 9.17) is 4.74 Å². The molecule has 3 aliphatic heterocycles. The first-order valence-electron chi connectivity index (χ1n) is 13.0. The number of nitrogens with zero attached hydrogens (tertiary/aromatic N) is 2. The number of aromatic hydroxyl groups is 1. The fourth-order valence-corrected chi connectivity index (χ4v) is 7.10. The lowest BCUT2D eigenvalue weighted by atomic mass is 9.79. The highest BCUT2D eigenvalue weighted by Crippen LogP contribution is 2.52. The summed E-state index contributed by atoms with van der Waals surface area (Å²) >= 11 is 1.65. The maximum absolute atomic E-state index is 14.0. The summed E-state index contributed by atoms with van der Waals surface area (Å²) in [6, 6.07) is 10.2. The number of amides is 1. The van der Waals surface area contributed by atoms with E-state index in [0.29, 0.717) is 12.4 Å². The molecule has 1 aromatic heterocycles. The molecule has 3 aromatic rings. The lowest BCUT2D eigenvalue weighted by molar-refractivity contribution is -0.174. The van der Waals surface area contributed by atoms with Crippen molar-refractivity contribution in [2.45, 2.75) is 61.0 Å². The number of alkyl halides is 3. The molecule has 3 atom stereocenters. The Balaban J connectivity index is 1.64. The van der Waals surface area contributed by atoms with Crippen LogP contribution in [0.3, 0.4) is 0 Å². The standard InChI is InChI=1S/C29H27F3N2O4S/c1-16(29(30,31)32)34-14-20(33-12-11-21(35)26(36)25(33)28(34)37)24-19-7-2-3-8-22(19)39-15-18-10-9-17-6-4-5-13-38-27(17)23(18)24/h2-3,7-12,16,20,24,36H,4-6,13-15H2,1H3/t16-,20?,24+/m1/s1. The Labute approximate surface area is 227 Å². The molecule has 2 aromatic carbocycles. The molecule has 0 aliphatic carbocycles. The van der Waals surface area contributed by atoms with Crippen LogP contribution in [0.25, 0.3) is 0 Å². The Morgan fingerprint density at radius 2 is 1.85 bits per heavy atom. The monoisotopic (exact) mass is 556 g/mol. The number of hydrogen-bond acceptors (Lipinski definition) is 5. The smallest absolute Gasteiger partial charge is 0.408 e. The molecule has 0 radical (unpaired) electrons. The normalized spacial score (nSPS) is 21.4. The number of thioether (sulfide) groups is 1. The zero-order valence-electron chi connectivity index (χ0n) is 21.2. The minimum absolute atomic E-state index is 0.262. The fourth-order valence-electron chi connectivity index (χ4n) is 6.00. The lowest BCUT2D eigenvalue weighted by Gasteiger charge is -2.43. The summed E-state index contributed by atoms with van der Waals surface area (Å²) in [5.74, 6) is -0.963. The average Bonchev–Trinajstić information content (AvgIpc) is 3.25. The van der Waals surface area contributed by atoms with E-state index < -0.39 is 47.0 Å². The van der Waals surface area contributed by atoms with Crippen LogP contribution in [0.4, 0.5) is 13.2 Å². The quantitative estimate of drug-likeness (QED) is 0.442. The summed E-state index contributed by atoms with van der Waals surface area (Å²) in [6.45, 7) is 1.21. The van der Waals surface area contributed by atoms with E-state index in [2.05, 4.69) is 12.1 Å². The number of carbonyl (C=O) groups is 1. The topological polar surface area (TPSA) is 71.8 Å². The van der Waals surface area contributed by atoms with Crippen LogP contribution in [0, 0.1) is 0 Å². The molecule has 4 heterocycles. The van der Waals surface area contributed by atoms with Gasteiger partial charge in [-0.05, 0) is 48.9 Å². The lowest BCUT2D eigenvalue weighted by Crippen LogP contribution is -2.54. The Hall–Kier alpha value is -3.40. The number of fused-ring (bicyclic) bond motifs is 5. The van der Waals surface area contributed by atoms with Crippen molar-refractivity contribution in [2.24, 2.45) is 0 Å². The number of pyridine rings is 1. The Kier molecular flexibility index (Phi) is 6.40. The van der Waals surface area contributed by atoms with Crippen LogP contribution in [0.1, 0.15) is 64.5 Å². The largest absolute Gasteiger partial charge is 0.503 e. The molecular formula is C29H27F3N2O4S. The number of ether oxygens (including phenoxy) is 1. The molecule has 6 nitrogen and oxygen atoms in total. The van der Waals surface area contributed by atoms with Gasteiger partial charge in [0, 0.05) is 40.9 Å². The number of halogens is 3. The van der Waals surface area contributed by atoms with E-state index in [-0.39, 0.29) is 6.54 Å². The predicted octanol–water partition coefficient (Wildman–Crippen LogP) is 5.65. The van der Waals surface area contributed by atoms with E-state index >= 15 is 0 Å². The molecule has 3 aliphatic rings. The minimum atomic E-state index is -4.69. The summed E-state index contributed by atoms with van der Waals surface area (Å²) in [7, 11) is 0. The van der Waals surface area contributed by atoms with Gasteiger partial charge < -0.3 is 19.3 Å². The van der Waals surface area contributed by atoms with Gasteiger partial charge in [0.05, 0.1) is 12.6 Å². The highest BCUT2D eigenvalue weighted by Gasteiger charge is 2.49. The van der Waals surface area contributed by atoms with Gasteiger partial charge in [-0.3, -0.25) is 9.59 Å². The minimum Gasteiger partial charge on any atom is -0.503 e. The van der Waals surface area contributed by atoms with Gasteiger partial charge in [-0.15, -0.1) is 11.8 Å². The molecule has 10 heteroatoms. The molecule has 204 valence electrons. The van der Waals surface area contributed by atoms with E-state index in [1.165, 1.54) is 10.8 Å². The van der Waals surface area contributed by atoms with Crippen LogP contribution in [0.15, 0.2) is 58.4 Å². The van der Waals surface area contributed by atoms with Crippen molar-refractivity contribution in [3.8, 4) is 11.5 Å². The maximum atomic E-state index is 14.0. The van der Waals surface area contributed by atoms with E-state index in [1.807, 2.05) is 24.3 Å². The second kappa shape index (κ2) is 9.66. The first-order valence-corrected chi connectivity index (χ1v) is 14.0. The summed E-state index contributed by atoms with van der Waals surface area (Å²) in [5, 5.41) is 10.7. The summed E-state index contributed by atoms with van der Waals surface area (Å²) in [5.41, 5.74) is 2.63. The molecule has 39 heavy (non-hydrogen) atoms. The summed E-state index contributed by atoms with van der Waals surface area (Å²) in [4.78, 5) is 27.5. The van der Waals surface area contributed by atoms with E-state index in [1.54, 1.807) is 11.8 Å².